The summed E-state index contributed by atoms with van der Waals surface area (Å²) in [5, 5.41) is 5.82. The predicted molar refractivity (Wildman–Crippen MR) is 72.0 cm³/mol. The van der Waals surface area contributed by atoms with E-state index in [1.54, 1.807) is 7.11 Å². The molecule has 1 amide bonds. The quantitative estimate of drug-likeness (QED) is 0.167. The molecule has 0 saturated carbocycles. The lowest BCUT2D eigenvalue weighted by molar-refractivity contribution is -0.122. The summed E-state index contributed by atoms with van der Waals surface area (Å²) in [5.74, 6) is 5.73. The monoisotopic (exact) mass is 259 g/mol. The maximum atomic E-state index is 11.5. The first-order chi connectivity index (χ1) is 8.39. The van der Waals surface area contributed by atoms with E-state index in [-0.39, 0.29) is 11.4 Å². The topological polar surface area (TPSA) is 101 Å². The van der Waals surface area contributed by atoms with E-state index in [4.69, 9.17) is 10.6 Å². The van der Waals surface area contributed by atoms with Crippen molar-refractivity contribution in [3.05, 3.63) is 0 Å². The second kappa shape index (κ2) is 8.71. The number of hydrazine groups is 1. The van der Waals surface area contributed by atoms with Crippen molar-refractivity contribution in [3.63, 3.8) is 0 Å². The van der Waals surface area contributed by atoms with Crippen LogP contribution in [0.4, 0.5) is 0 Å². The van der Waals surface area contributed by atoms with Crippen LogP contribution in [0.3, 0.4) is 0 Å². The van der Waals surface area contributed by atoms with Gasteiger partial charge in [0, 0.05) is 25.6 Å². The number of ether oxygens (including phenoxy) is 1. The predicted octanol–water partition coefficient (Wildman–Crippen LogP) is -0.653. The third kappa shape index (κ3) is 9.86. The molecular weight excluding hydrogens is 234 g/mol. The zero-order valence-corrected chi connectivity index (χ0v) is 11.7. The van der Waals surface area contributed by atoms with Crippen molar-refractivity contribution >= 4 is 11.9 Å². The number of aliphatic imine (C=N–C) groups is 1. The average Bonchev–Trinajstić information content (AvgIpc) is 2.24. The molecule has 0 aliphatic heterocycles. The van der Waals surface area contributed by atoms with Crippen LogP contribution >= 0.6 is 0 Å². The molecule has 106 valence electrons. The maximum Gasteiger partial charge on any atom is 0.222 e. The van der Waals surface area contributed by atoms with Gasteiger partial charge in [0.25, 0.3) is 0 Å². The second-order valence-electron chi connectivity index (χ2n) is 4.84. The zero-order valence-electron chi connectivity index (χ0n) is 11.7. The van der Waals surface area contributed by atoms with Crippen LogP contribution in [-0.4, -0.2) is 44.2 Å². The Labute approximate surface area is 109 Å². The fourth-order valence-electron chi connectivity index (χ4n) is 1.18. The molecule has 7 nitrogen and oxygen atoms in total. The van der Waals surface area contributed by atoms with E-state index in [1.165, 1.54) is 0 Å². The molecule has 0 spiro atoms. The van der Waals surface area contributed by atoms with Crippen LogP contribution in [0.1, 0.15) is 27.2 Å². The number of hydrogen-bond acceptors (Lipinski definition) is 4. The molecule has 0 aromatic rings. The SMILES string of the molecule is COCCN=C(NN)NCCC(=O)NC(C)(C)C. The normalized spacial score (nSPS) is 12.2. The molecule has 5 N–H and O–H groups in total. The highest BCUT2D eigenvalue weighted by Crippen LogP contribution is 1.98. The lowest BCUT2D eigenvalue weighted by Crippen LogP contribution is -2.45. The molecule has 0 saturated heterocycles. The lowest BCUT2D eigenvalue weighted by atomic mass is 10.1. The van der Waals surface area contributed by atoms with E-state index >= 15 is 0 Å². The van der Waals surface area contributed by atoms with Crippen LogP contribution in [0.5, 0.6) is 0 Å². The molecule has 0 unspecified atom stereocenters. The van der Waals surface area contributed by atoms with Crippen molar-refractivity contribution in [3.8, 4) is 0 Å². The van der Waals surface area contributed by atoms with Crippen LogP contribution in [-0.2, 0) is 9.53 Å². The van der Waals surface area contributed by atoms with Crippen LogP contribution in [0, 0.1) is 0 Å². The fraction of sp³-hybridized carbons (Fsp3) is 0.818. The van der Waals surface area contributed by atoms with E-state index in [0.717, 1.165) is 0 Å². The third-order valence-electron chi connectivity index (χ3n) is 1.86. The molecule has 0 atom stereocenters. The second-order valence-corrected chi connectivity index (χ2v) is 4.84. The number of methoxy groups -OCH3 is 1. The van der Waals surface area contributed by atoms with Crippen molar-refractivity contribution in [1.82, 2.24) is 16.1 Å². The minimum absolute atomic E-state index is 0.0109. The van der Waals surface area contributed by atoms with Crippen LogP contribution in [0.25, 0.3) is 0 Å². The van der Waals surface area contributed by atoms with Gasteiger partial charge in [-0.2, -0.15) is 0 Å². The largest absolute Gasteiger partial charge is 0.383 e. The third-order valence-corrected chi connectivity index (χ3v) is 1.86. The summed E-state index contributed by atoms with van der Waals surface area (Å²) in [4.78, 5) is 15.6. The molecule has 7 heteroatoms. The van der Waals surface area contributed by atoms with Gasteiger partial charge in [-0.25, -0.2) is 10.8 Å². The maximum absolute atomic E-state index is 11.5. The Morgan fingerprint density at radius 3 is 2.56 bits per heavy atom. The highest BCUT2D eigenvalue weighted by atomic mass is 16.5. The van der Waals surface area contributed by atoms with Gasteiger partial charge in [0.15, 0.2) is 0 Å². The molecule has 0 bridgehead atoms. The molecule has 0 rings (SSSR count). The number of hydrogen-bond donors (Lipinski definition) is 4. The van der Waals surface area contributed by atoms with Crippen molar-refractivity contribution in [2.24, 2.45) is 10.8 Å². The highest BCUT2D eigenvalue weighted by Gasteiger charge is 2.12. The van der Waals surface area contributed by atoms with E-state index in [1.807, 2.05) is 20.8 Å². The summed E-state index contributed by atoms with van der Waals surface area (Å²) in [5.41, 5.74) is 2.22. The highest BCUT2D eigenvalue weighted by molar-refractivity contribution is 5.81. The fourth-order valence-corrected chi connectivity index (χ4v) is 1.18. The average molecular weight is 259 g/mol. The number of nitrogens with two attached hydrogens (primary N) is 1. The first kappa shape index (κ1) is 16.7. The van der Waals surface area contributed by atoms with Gasteiger partial charge in [-0.15, -0.1) is 0 Å². The first-order valence-electron chi connectivity index (χ1n) is 5.94. The number of guanidine groups is 1. The van der Waals surface area contributed by atoms with Gasteiger partial charge in [0.2, 0.25) is 11.9 Å². The van der Waals surface area contributed by atoms with E-state index in [9.17, 15) is 4.79 Å². The van der Waals surface area contributed by atoms with Crippen molar-refractivity contribution in [1.29, 1.82) is 0 Å². The Morgan fingerprint density at radius 2 is 2.06 bits per heavy atom. The Morgan fingerprint density at radius 1 is 1.39 bits per heavy atom. The molecular formula is C11H25N5O2. The van der Waals surface area contributed by atoms with Crippen LogP contribution in [0.15, 0.2) is 4.99 Å². The Bertz CT molecular complexity index is 273. The number of nitrogens with zero attached hydrogens (tertiary/aromatic N) is 1. The molecule has 0 aliphatic carbocycles. The van der Waals surface area contributed by atoms with E-state index in [2.05, 4.69) is 21.1 Å². The zero-order chi connectivity index (χ0) is 14.0. The number of nitrogens with one attached hydrogen (secondary N) is 3. The lowest BCUT2D eigenvalue weighted by Gasteiger charge is -2.20. The van der Waals surface area contributed by atoms with Crippen molar-refractivity contribution < 1.29 is 9.53 Å². The van der Waals surface area contributed by atoms with Crippen LogP contribution < -0.4 is 21.9 Å². The molecule has 0 aromatic carbocycles. The summed E-state index contributed by atoms with van der Waals surface area (Å²) in [7, 11) is 1.61. The van der Waals surface area contributed by atoms with Gasteiger partial charge in [-0.05, 0) is 20.8 Å². The van der Waals surface area contributed by atoms with Gasteiger partial charge >= 0.3 is 0 Å². The van der Waals surface area contributed by atoms with Crippen molar-refractivity contribution in [2.45, 2.75) is 32.7 Å². The van der Waals surface area contributed by atoms with Crippen molar-refractivity contribution in [2.75, 3.05) is 26.8 Å². The number of rotatable bonds is 6. The minimum Gasteiger partial charge on any atom is -0.383 e. The summed E-state index contributed by atoms with van der Waals surface area (Å²) >= 11 is 0. The Kier molecular flexibility index (Phi) is 8.06. The number of amides is 1. The molecule has 0 radical (unpaired) electrons. The minimum atomic E-state index is -0.210. The molecule has 0 heterocycles. The van der Waals surface area contributed by atoms with E-state index < -0.39 is 0 Å². The summed E-state index contributed by atoms with van der Waals surface area (Å²) in [6, 6.07) is 0. The standard InChI is InChI=1S/C11H25N5O2/c1-11(2,3)15-9(17)5-6-13-10(16-12)14-7-8-18-4/h5-8,12H2,1-4H3,(H,15,17)(H2,13,14,16). The first-order valence-corrected chi connectivity index (χ1v) is 5.94. The Balaban J connectivity index is 3.86. The number of carbonyl (C=O) groups is 1. The molecule has 0 aromatic heterocycles. The molecule has 0 fully saturated rings. The molecule has 0 aliphatic rings. The van der Waals surface area contributed by atoms with Gasteiger partial charge in [-0.3, -0.25) is 10.2 Å². The van der Waals surface area contributed by atoms with Crippen LogP contribution in [0.2, 0.25) is 0 Å². The number of carbonyl (C=O) groups excluding carboxylic acids is 1. The summed E-state index contributed by atoms with van der Waals surface area (Å²) in [6.45, 7) is 7.33. The Hall–Kier alpha value is -1.34. The van der Waals surface area contributed by atoms with Gasteiger partial charge < -0.3 is 15.4 Å². The van der Waals surface area contributed by atoms with Gasteiger partial charge in [-0.1, -0.05) is 0 Å². The summed E-state index contributed by atoms with van der Waals surface area (Å²) < 4.78 is 4.87. The van der Waals surface area contributed by atoms with Gasteiger partial charge in [0.1, 0.15) is 0 Å². The smallest absolute Gasteiger partial charge is 0.222 e. The van der Waals surface area contributed by atoms with Gasteiger partial charge in [0.05, 0.1) is 13.2 Å². The summed E-state index contributed by atoms with van der Waals surface area (Å²) in [6.07, 6.45) is 0.363. The van der Waals surface area contributed by atoms with E-state index in [0.29, 0.717) is 32.1 Å². The molecule has 18 heavy (non-hydrogen) atoms.